The number of hydrogen-bond acceptors (Lipinski definition) is 3. The summed E-state index contributed by atoms with van der Waals surface area (Å²) in [5, 5.41) is 21.2. The molecule has 0 radical (unpaired) electrons. The maximum Gasteiger partial charge on any atom is 0.121 e. The van der Waals surface area contributed by atoms with Crippen molar-refractivity contribution in [2.24, 2.45) is 0 Å². The van der Waals surface area contributed by atoms with Crippen molar-refractivity contribution >= 4 is 0 Å². The summed E-state index contributed by atoms with van der Waals surface area (Å²) in [4.78, 5) is 0. The standard InChI is InChI=1S/C14H18N2O/c15-10-14(16-8-3-9-17)13-5-2-1-4-12(13)11-6-7-11/h1-2,4-5,11,14,16-17H,3,6-9H2. The lowest BCUT2D eigenvalue weighted by atomic mass is 9.98. The fourth-order valence-corrected chi connectivity index (χ4v) is 2.09. The molecule has 2 rings (SSSR count). The third-order valence-corrected chi connectivity index (χ3v) is 3.14. The number of aliphatic hydroxyl groups is 1. The molecule has 1 fully saturated rings. The van der Waals surface area contributed by atoms with Crippen molar-refractivity contribution in [3.8, 4) is 6.07 Å². The Morgan fingerprint density at radius 3 is 2.82 bits per heavy atom. The molecular weight excluding hydrogens is 212 g/mol. The van der Waals surface area contributed by atoms with Crippen LogP contribution in [0.25, 0.3) is 0 Å². The van der Waals surface area contributed by atoms with Gasteiger partial charge in [0.15, 0.2) is 0 Å². The minimum Gasteiger partial charge on any atom is -0.396 e. The SMILES string of the molecule is N#CC(NCCCO)c1ccccc1C1CC1. The Bertz CT molecular complexity index is 407. The summed E-state index contributed by atoms with van der Waals surface area (Å²) in [7, 11) is 0. The number of nitrogens with zero attached hydrogens (tertiary/aromatic N) is 1. The largest absolute Gasteiger partial charge is 0.396 e. The van der Waals surface area contributed by atoms with Gasteiger partial charge in [-0.2, -0.15) is 5.26 Å². The van der Waals surface area contributed by atoms with Gasteiger partial charge < -0.3 is 5.11 Å². The quantitative estimate of drug-likeness (QED) is 0.736. The lowest BCUT2D eigenvalue weighted by molar-refractivity contribution is 0.285. The molecule has 3 nitrogen and oxygen atoms in total. The monoisotopic (exact) mass is 230 g/mol. The second-order valence-corrected chi connectivity index (χ2v) is 4.50. The topological polar surface area (TPSA) is 56.0 Å². The molecule has 1 unspecified atom stereocenters. The number of nitrogens with one attached hydrogen (secondary N) is 1. The molecular formula is C14H18N2O. The van der Waals surface area contributed by atoms with Crippen LogP contribution in [0, 0.1) is 11.3 Å². The summed E-state index contributed by atoms with van der Waals surface area (Å²) in [6, 6.07) is 10.2. The van der Waals surface area contributed by atoms with Crippen LogP contribution in [0.1, 0.15) is 42.3 Å². The molecule has 1 aliphatic rings. The zero-order valence-electron chi connectivity index (χ0n) is 9.89. The van der Waals surface area contributed by atoms with Gasteiger partial charge in [-0.25, -0.2) is 0 Å². The zero-order chi connectivity index (χ0) is 12.1. The van der Waals surface area contributed by atoms with Crippen molar-refractivity contribution in [3.05, 3.63) is 35.4 Å². The predicted octanol–water partition coefficient (Wildman–Crippen LogP) is 2.10. The first-order valence-corrected chi connectivity index (χ1v) is 6.19. The fourth-order valence-electron chi connectivity index (χ4n) is 2.09. The number of rotatable bonds is 6. The highest BCUT2D eigenvalue weighted by atomic mass is 16.3. The van der Waals surface area contributed by atoms with Gasteiger partial charge in [0.25, 0.3) is 0 Å². The predicted molar refractivity (Wildman–Crippen MR) is 66.5 cm³/mol. The molecule has 0 heterocycles. The molecule has 0 amide bonds. The second kappa shape index (κ2) is 5.81. The van der Waals surface area contributed by atoms with E-state index < -0.39 is 0 Å². The Kier molecular flexibility index (Phi) is 4.13. The summed E-state index contributed by atoms with van der Waals surface area (Å²) in [5.41, 5.74) is 2.42. The van der Waals surface area contributed by atoms with E-state index in [0.717, 1.165) is 5.56 Å². The zero-order valence-corrected chi connectivity index (χ0v) is 9.89. The van der Waals surface area contributed by atoms with Crippen molar-refractivity contribution < 1.29 is 5.11 Å². The van der Waals surface area contributed by atoms with Gasteiger partial charge in [0.1, 0.15) is 6.04 Å². The molecule has 0 spiro atoms. The lowest BCUT2D eigenvalue weighted by Crippen LogP contribution is -2.22. The first kappa shape index (κ1) is 12.1. The molecule has 17 heavy (non-hydrogen) atoms. The van der Waals surface area contributed by atoms with Gasteiger partial charge in [-0.15, -0.1) is 0 Å². The van der Waals surface area contributed by atoms with Crippen LogP contribution in [-0.4, -0.2) is 18.3 Å². The molecule has 0 saturated heterocycles. The van der Waals surface area contributed by atoms with E-state index in [9.17, 15) is 5.26 Å². The van der Waals surface area contributed by atoms with Crippen LogP contribution in [0.15, 0.2) is 24.3 Å². The highest BCUT2D eigenvalue weighted by Crippen LogP contribution is 2.42. The summed E-state index contributed by atoms with van der Waals surface area (Å²) < 4.78 is 0. The van der Waals surface area contributed by atoms with E-state index in [1.54, 1.807) is 0 Å². The Labute approximate surface area is 102 Å². The Balaban J connectivity index is 2.10. The van der Waals surface area contributed by atoms with E-state index in [1.165, 1.54) is 18.4 Å². The van der Waals surface area contributed by atoms with Crippen LogP contribution in [0.5, 0.6) is 0 Å². The summed E-state index contributed by atoms with van der Waals surface area (Å²) >= 11 is 0. The molecule has 0 aliphatic heterocycles. The highest BCUT2D eigenvalue weighted by molar-refractivity contribution is 5.37. The van der Waals surface area contributed by atoms with Crippen molar-refractivity contribution in [1.82, 2.24) is 5.32 Å². The van der Waals surface area contributed by atoms with Gasteiger partial charge in [0.05, 0.1) is 6.07 Å². The van der Waals surface area contributed by atoms with Gasteiger partial charge in [-0.1, -0.05) is 24.3 Å². The number of hydrogen-bond donors (Lipinski definition) is 2. The molecule has 2 N–H and O–H groups in total. The van der Waals surface area contributed by atoms with Crippen LogP contribution < -0.4 is 5.32 Å². The minimum absolute atomic E-state index is 0.162. The van der Waals surface area contributed by atoms with Crippen LogP contribution in [0.4, 0.5) is 0 Å². The maximum absolute atomic E-state index is 9.23. The molecule has 1 aliphatic carbocycles. The van der Waals surface area contributed by atoms with Crippen molar-refractivity contribution in [3.63, 3.8) is 0 Å². The van der Waals surface area contributed by atoms with Crippen molar-refractivity contribution in [2.45, 2.75) is 31.2 Å². The van der Waals surface area contributed by atoms with E-state index in [0.29, 0.717) is 18.9 Å². The second-order valence-electron chi connectivity index (χ2n) is 4.50. The minimum atomic E-state index is -0.252. The smallest absolute Gasteiger partial charge is 0.121 e. The number of aliphatic hydroxyl groups excluding tert-OH is 1. The summed E-state index contributed by atoms with van der Waals surface area (Å²) in [6.45, 7) is 0.836. The van der Waals surface area contributed by atoms with E-state index in [1.807, 2.05) is 18.2 Å². The van der Waals surface area contributed by atoms with Gasteiger partial charge in [0, 0.05) is 6.61 Å². The van der Waals surface area contributed by atoms with Crippen molar-refractivity contribution in [2.75, 3.05) is 13.2 Å². The molecule has 1 atom stereocenters. The third-order valence-electron chi connectivity index (χ3n) is 3.14. The fraction of sp³-hybridized carbons (Fsp3) is 0.500. The van der Waals surface area contributed by atoms with Gasteiger partial charge in [0.2, 0.25) is 0 Å². The average molecular weight is 230 g/mol. The van der Waals surface area contributed by atoms with Gasteiger partial charge in [-0.05, 0) is 42.9 Å². The van der Waals surface area contributed by atoms with Crippen LogP contribution in [0.2, 0.25) is 0 Å². The first-order chi connectivity index (χ1) is 8.36. The van der Waals surface area contributed by atoms with Crippen molar-refractivity contribution in [1.29, 1.82) is 5.26 Å². The average Bonchev–Trinajstić information content (AvgIpc) is 3.19. The third kappa shape index (κ3) is 3.06. The molecule has 1 aromatic carbocycles. The number of nitriles is 1. The molecule has 0 bridgehead atoms. The van der Waals surface area contributed by atoms with E-state index in [2.05, 4.69) is 17.5 Å². The molecule has 90 valence electrons. The maximum atomic E-state index is 9.23. The Morgan fingerprint density at radius 2 is 2.18 bits per heavy atom. The van der Waals surface area contributed by atoms with Crippen LogP contribution >= 0.6 is 0 Å². The van der Waals surface area contributed by atoms with E-state index >= 15 is 0 Å². The molecule has 1 aromatic rings. The Morgan fingerprint density at radius 1 is 1.41 bits per heavy atom. The highest BCUT2D eigenvalue weighted by Gasteiger charge is 2.27. The molecule has 1 saturated carbocycles. The molecule has 0 aromatic heterocycles. The van der Waals surface area contributed by atoms with E-state index in [4.69, 9.17) is 5.11 Å². The van der Waals surface area contributed by atoms with E-state index in [-0.39, 0.29) is 12.6 Å². The lowest BCUT2D eigenvalue weighted by Gasteiger charge is -2.15. The first-order valence-electron chi connectivity index (χ1n) is 6.19. The molecule has 3 heteroatoms. The van der Waals surface area contributed by atoms with Gasteiger partial charge in [-0.3, -0.25) is 5.32 Å². The Hall–Kier alpha value is -1.37. The summed E-state index contributed by atoms with van der Waals surface area (Å²) in [6.07, 6.45) is 3.17. The normalized spacial score (nSPS) is 16.5. The number of benzene rings is 1. The summed E-state index contributed by atoms with van der Waals surface area (Å²) in [5.74, 6) is 0.654. The van der Waals surface area contributed by atoms with Crippen LogP contribution in [-0.2, 0) is 0 Å². The van der Waals surface area contributed by atoms with Crippen LogP contribution in [0.3, 0.4) is 0 Å². The van der Waals surface area contributed by atoms with Gasteiger partial charge >= 0.3 is 0 Å².